The Labute approximate surface area is 177 Å². The van der Waals surface area contributed by atoms with E-state index >= 15 is 0 Å². The highest BCUT2D eigenvalue weighted by molar-refractivity contribution is 6.31. The second-order valence-corrected chi connectivity index (χ2v) is 6.85. The Morgan fingerprint density at radius 1 is 1.24 bits per heavy atom. The zero-order valence-electron chi connectivity index (χ0n) is 17.1. The maximum absolute atomic E-state index is 12.3. The van der Waals surface area contributed by atoms with Gasteiger partial charge in [0.2, 0.25) is 5.91 Å². The lowest BCUT2D eigenvalue weighted by Crippen LogP contribution is -2.44. The molecule has 1 amide bonds. The molecular weight excluding hydrogens is 390 g/mol. The highest BCUT2D eigenvalue weighted by atomic mass is 35.5. The van der Waals surface area contributed by atoms with Crippen molar-refractivity contribution in [2.45, 2.75) is 12.8 Å². The quantitative estimate of drug-likeness (QED) is 0.483. The van der Waals surface area contributed by atoms with Gasteiger partial charge >= 0.3 is 0 Å². The fourth-order valence-electron chi connectivity index (χ4n) is 2.64. The van der Waals surface area contributed by atoms with Crippen LogP contribution in [-0.2, 0) is 17.6 Å². The molecule has 0 unspecified atom stereocenters. The van der Waals surface area contributed by atoms with Crippen molar-refractivity contribution in [2.75, 3.05) is 40.8 Å². The number of methoxy groups -OCH3 is 1. The molecule has 1 aromatic carbocycles. The van der Waals surface area contributed by atoms with Gasteiger partial charge in [-0.1, -0.05) is 23.7 Å². The lowest BCUT2D eigenvalue weighted by Gasteiger charge is -2.18. The van der Waals surface area contributed by atoms with Crippen molar-refractivity contribution in [1.82, 2.24) is 20.5 Å². The normalized spacial score (nSPS) is 11.1. The van der Waals surface area contributed by atoms with Gasteiger partial charge < -0.3 is 20.3 Å². The number of carbonyl (C=O) groups is 1. The number of guanidine groups is 1. The predicted octanol–water partition coefficient (Wildman–Crippen LogP) is 2.15. The number of nitrogens with one attached hydrogen (secondary N) is 2. The molecule has 1 aromatic heterocycles. The average Bonchev–Trinajstić information content (AvgIpc) is 2.75. The molecule has 2 N–H and O–H groups in total. The van der Waals surface area contributed by atoms with Crippen LogP contribution >= 0.6 is 11.6 Å². The average molecular weight is 418 g/mol. The van der Waals surface area contributed by atoms with Gasteiger partial charge in [-0.05, 0) is 36.2 Å². The highest BCUT2D eigenvalue weighted by Crippen LogP contribution is 2.22. The molecule has 2 rings (SSSR count). The van der Waals surface area contributed by atoms with Crippen LogP contribution in [0.5, 0.6) is 5.75 Å². The summed E-state index contributed by atoms with van der Waals surface area (Å²) < 4.78 is 5.16. The van der Waals surface area contributed by atoms with Gasteiger partial charge in [-0.2, -0.15) is 0 Å². The van der Waals surface area contributed by atoms with Gasteiger partial charge in [0, 0.05) is 50.5 Å². The first-order valence-corrected chi connectivity index (χ1v) is 9.82. The van der Waals surface area contributed by atoms with Crippen LogP contribution in [-0.4, -0.2) is 62.6 Å². The van der Waals surface area contributed by atoms with E-state index in [9.17, 15) is 4.79 Å². The lowest BCUT2D eigenvalue weighted by atomic mass is 10.1. The summed E-state index contributed by atoms with van der Waals surface area (Å²) >= 11 is 6.26. The number of likely N-dealkylation sites (N-methyl/N-ethyl adjacent to an activating group) is 1. The van der Waals surface area contributed by atoms with Gasteiger partial charge in [-0.25, -0.2) is 0 Å². The molecule has 0 saturated heterocycles. The summed E-state index contributed by atoms with van der Waals surface area (Å²) in [5.74, 6) is 1.29. The topological polar surface area (TPSA) is 78.9 Å². The molecule has 0 radical (unpaired) electrons. The third-order valence-electron chi connectivity index (χ3n) is 4.43. The molecule has 1 heterocycles. The number of nitrogens with zero attached hydrogens (tertiary/aromatic N) is 3. The first-order valence-electron chi connectivity index (χ1n) is 9.44. The largest absolute Gasteiger partial charge is 0.497 e. The summed E-state index contributed by atoms with van der Waals surface area (Å²) in [5, 5.41) is 6.91. The summed E-state index contributed by atoms with van der Waals surface area (Å²) in [4.78, 5) is 22.4. The number of benzene rings is 1. The van der Waals surface area contributed by atoms with E-state index in [-0.39, 0.29) is 12.5 Å². The Morgan fingerprint density at radius 3 is 2.72 bits per heavy atom. The third kappa shape index (κ3) is 7.62. The number of amides is 1. The van der Waals surface area contributed by atoms with Crippen molar-refractivity contribution in [3.05, 3.63) is 58.9 Å². The zero-order valence-corrected chi connectivity index (χ0v) is 17.9. The number of rotatable bonds is 9. The van der Waals surface area contributed by atoms with Crippen LogP contribution in [0, 0.1) is 0 Å². The third-order valence-corrected chi connectivity index (χ3v) is 4.78. The first kappa shape index (κ1) is 22.5. The molecule has 0 aliphatic carbocycles. The predicted molar refractivity (Wildman–Crippen MR) is 117 cm³/mol. The molecule has 29 heavy (non-hydrogen) atoms. The maximum atomic E-state index is 12.3. The number of pyridine rings is 1. The number of aromatic nitrogens is 1. The molecule has 0 bridgehead atoms. The van der Waals surface area contributed by atoms with Crippen LogP contribution in [0.15, 0.2) is 47.6 Å². The van der Waals surface area contributed by atoms with Gasteiger partial charge in [0.1, 0.15) is 5.75 Å². The molecule has 7 nitrogen and oxygen atoms in total. The SMILES string of the molecule is CN=C(NCCc1ccc(OC)cc1Cl)NCC(=O)N(C)CCc1ccccn1. The number of ether oxygens (including phenoxy) is 1. The summed E-state index contributed by atoms with van der Waals surface area (Å²) in [6.45, 7) is 1.41. The molecule has 0 aliphatic rings. The van der Waals surface area contributed by atoms with Crippen LogP contribution in [0.3, 0.4) is 0 Å². The van der Waals surface area contributed by atoms with Crippen LogP contribution < -0.4 is 15.4 Å². The van der Waals surface area contributed by atoms with Gasteiger partial charge in [-0.15, -0.1) is 0 Å². The Balaban J connectivity index is 1.71. The molecule has 0 aliphatic heterocycles. The van der Waals surface area contributed by atoms with E-state index in [1.807, 2.05) is 30.3 Å². The van der Waals surface area contributed by atoms with Crippen LogP contribution in [0.25, 0.3) is 0 Å². The number of carbonyl (C=O) groups excluding carboxylic acids is 1. The molecule has 0 spiro atoms. The minimum atomic E-state index is -0.0120. The summed E-state index contributed by atoms with van der Waals surface area (Å²) in [6.07, 6.45) is 3.20. The van der Waals surface area contributed by atoms with E-state index in [0.717, 1.165) is 29.8 Å². The van der Waals surface area contributed by atoms with E-state index in [1.165, 1.54) is 0 Å². The number of halogens is 1. The van der Waals surface area contributed by atoms with Crippen molar-refractivity contribution >= 4 is 23.5 Å². The number of hydrogen-bond acceptors (Lipinski definition) is 4. The number of aliphatic imine (C=N–C) groups is 1. The molecule has 0 atom stereocenters. The maximum Gasteiger partial charge on any atom is 0.241 e. The molecule has 156 valence electrons. The summed E-state index contributed by atoms with van der Waals surface area (Å²) in [6, 6.07) is 11.4. The van der Waals surface area contributed by atoms with Crippen molar-refractivity contribution in [1.29, 1.82) is 0 Å². The fourth-order valence-corrected chi connectivity index (χ4v) is 2.91. The van der Waals surface area contributed by atoms with Gasteiger partial charge in [-0.3, -0.25) is 14.8 Å². The molecule has 8 heteroatoms. The van der Waals surface area contributed by atoms with Crippen LogP contribution in [0.4, 0.5) is 0 Å². The van der Waals surface area contributed by atoms with Crippen LogP contribution in [0.2, 0.25) is 5.02 Å². The van der Waals surface area contributed by atoms with Crippen molar-refractivity contribution < 1.29 is 9.53 Å². The highest BCUT2D eigenvalue weighted by Gasteiger charge is 2.10. The minimum Gasteiger partial charge on any atom is -0.497 e. The van der Waals surface area contributed by atoms with Crippen molar-refractivity contribution in [3.63, 3.8) is 0 Å². The second kappa shape index (κ2) is 11.9. The van der Waals surface area contributed by atoms with Crippen LogP contribution in [0.1, 0.15) is 11.3 Å². The van der Waals surface area contributed by atoms with Gasteiger partial charge in [0.25, 0.3) is 0 Å². The van der Waals surface area contributed by atoms with Crippen molar-refractivity contribution in [3.8, 4) is 5.75 Å². The second-order valence-electron chi connectivity index (χ2n) is 6.45. The zero-order chi connectivity index (χ0) is 21.1. The van der Waals surface area contributed by atoms with E-state index in [2.05, 4.69) is 20.6 Å². The number of hydrogen-bond donors (Lipinski definition) is 2. The Kier molecular flexibility index (Phi) is 9.24. The van der Waals surface area contributed by atoms with E-state index in [1.54, 1.807) is 38.4 Å². The molecule has 0 fully saturated rings. The fraction of sp³-hybridized carbons (Fsp3) is 0.381. The monoisotopic (exact) mass is 417 g/mol. The first-order chi connectivity index (χ1) is 14.0. The standard InChI is InChI=1S/C21H28ClN5O2/c1-23-21(25-12-9-16-7-8-18(29-3)14-19(16)22)26-15-20(28)27(2)13-10-17-6-4-5-11-24-17/h4-8,11,14H,9-10,12-13,15H2,1-3H3,(H2,23,25,26). The Hall–Kier alpha value is -2.80. The minimum absolute atomic E-state index is 0.0120. The smallest absolute Gasteiger partial charge is 0.241 e. The molecule has 2 aromatic rings. The van der Waals surface area contributed by atoms with E-state index in [4.69, 9.17) is 16.3 Å². The van der Waals surface area contributed by atoms with Crippen molar-refractivity contribution in [2.24, 2.45) is 4.99 Å². The molecule has 0 saturated carbocycles. The van der Waals surface area contributed by atoms with Gasteiger partial charge in [0.05, 0.1) is 13.7 Å². The lowest BCUT2D eigenvalue weighted by molar-refractivity contribution is -0.128. The van der Waals surface area contributed by atoms with E-state index in [0.29, 0.717) is 24.1 Å². The summed E-state index contributed by atoms with van der Waals surface area (Å²) in [7, 11) is 5.07. The Morgan fingerprint density at radius 2 is 2.07 bits per heavy atom. The summed E-state index contributed by atoms with van der Waals surface area (Å²) in [5.41, 5.74) is 1.98. The van der Waals surface area contributed by atoms with Gasteiger partial charge in [0.15, 0.2) is 5.96 Å². The van der Waals surface area contributed by atoms with E-state index < -0.39 is 0 Å². The Bertz CT molecular complexity index is 814. The molecular formula is C21H28ClN5O2.